The van der Waals surface area contributed by atoms with Crippen LogP contribution in [0.1, 0.15) is 17.5 Å². The van der Waals surface area contributed by atoms with E-state index in [-0.39, 0.29) is 0 Å². The third-order valence-electron chi connectivity index (χ3n) is 2.39. The monoisotopic (exact) mass is 254 g/mol. The molecule has 0 amide bonds. The zero-order valence-electron chi connectivity index (χ0n) is 10.2. The van der Waals surface area contributed by atoms with Crippen LogP contribution in [0.4, 0.5) is 5.69 Å². The lowest BCUT2D eigenvalue weighted by Gasteiger charge is -2.12. The molecule has 3 N–H and O–H groups in total. The van der Waals surface area contributed by atoms with Crippen LogP contribution in [0.25, 0.3) is 0 Å². The van der Waals surface area contributed by atoms with Gasteiger partial charge in [0.05, 0.1) is 4.90 Å². The number of sulfonamides is 1. The lowest BCUT2D eigenvalue weighted by molar-refractivity contribution is 0.581. The highest BCUT2D eigenvalue weighted by molar-refractivity contribution is 7.89. The number of hydrogen-bond acceptors (Lipinski definition) is 3. The van der Waals surface area contributed by atoms with E-state index in [1.54, 1.807) is 32.1 Å². The summed E-state index contributed by atoms with van der Waals surface area (Å²) in [4.78, 5) is 0.316. The van der Waals surface area contributed by atoms with Gasteiger partial charge < -0.3 is 5.73 Å². The van der Waals surface area contributed by atoms with Crippen LogP contribution in [0.5, 0.6) is 0 Å². The molecule has 5 heteroatoms. The van der Waals surface area contributed by atoms with Crippen molar-refractivity contribution in [3.05, 3.63) is 35.9 Å². The third kappa shape index (κ3) is 3.31. The molecule has 0 saturated heterocycles. The van der Waals surface area contributed by atoms with Gasteiger partial charge in [0.2, 0.25) is 10.0 Å². The molecule has 1 aromatic carbocycles. The molecule has 0 aliphatic rings. The molecule has 0 aromatic heterocycles. The van der Waals surface area contributed by atoms with Crippen molar-refractivity contribution >= 4 is 15.7 Å². The molecule has 94 valence electrons. The van der Waals surface area contributed by atoms with Gasteiger partial charge in [0.25, 0.3) is 0 Å². The van der Waals surface area contributed by atoms with Crippen molar-refractivity contribution in [3.63, 3.8) is 0 Å². The van der Waals surface area contributed by atoms with E-state index in [0.29, 0.717) is 34.7 Å². The van der Waals surface area contributed by atoms with Crippen molar-refractivity contribution in [1.82, 2.24) is 4.72 Å². The van der Waals surface area contributed by atoms with Crippen LogP contribution in [0.2, 0.25) is 0 Å². The highest BCUT2D eigenvalue weighted by Crippen LogP contribution is 2.22. The Hall–Kier alpha value is -1.33. The number of anilines is 1. The summed E-state index contributed by atoms with van der Waals surface area (Å²) < 4.78 is 26.7. The van der Waals surface area contributed by atoms with Crippen molar-refractivity contribution in [2.45, 2.75) is 25.2 Å². The molecule has 0 spiro atoms. The maximum absolute atomic E-state index is 12.1. The summed E-state index contributed by atoms with van der Waals surface area (Å²) in [7, 11) is -3.46. The predicted molar refractivity (Wildman–Crippen MR) is 70.3 cm³/mol. The number of benzene rings is 1. The molecule has 0 atom stereocenters. The predicted octanol–water partition coefficient (Wildman–Crippen LogP) is 1.74. The van der Waals surface area contributed by atoms with E-state index < -0.39 is 10.0 Å². The second kappa shape index (κ2) is 5.33. The van der Waals surface area contributed by atoms with Crippen molar-refractivity contribution in [2.75, 3.05) is 12.3 Å². The molecule has 0 aliphatic carbocycles. The third-order valence-corrected chi connectivity index (χ3v) is 4.16. The molecule has 0 bridgehead atoms. The van der Waals surface area contributed by atoms with Crippen molar-refractivity contribution in [2.24, 2.45) is 0 Å². The number of hydrogen-bond donors (Lipinski definition) is 2. The summed E-state index contributed by atoms with van der Waals surface area (Å²) >= 11 is 0. The average molecular weight is 254 g/mol. The van der Waals surface area contributed by atoms with Gasteiger partial charge in [-0.25, -0.2) is 13.1 Å². The fourth-order valence-corrected chi connectivity index (χ4v) is 3.27. The van der Waals surface area contributed by atoms with E-state index in [4.69, 9.17) is 5.73 Å². The van der Waals surface area contributed by atoms with Crippen LogP contribution in [-0.4, -0.2) is 15.0 Å². The van der Waals surface area contributed by atoms with E-state index in [0.717, 1.165) is 0 Å². The normalized spacial score (nSPS) is 11.4. The second-order valence-corrected chi connectivity index (χ2v) is 5.66. The molecule has 1 aromatic rings. The highest BCUT2D eigenvalue weighted by atomic mass is 32.2. The van der Waals surface area contributed by atoms with Gasteiger partial charge in [0.1, 0.15) is 0 Å². The quantitative estimate of drug-likeness (QED) is 0.477. The molecule has 1 rings (SSSR count). The van der Waals surface area contributed by atoms with Crippen molar-refractivity contribution in [3.8, 4) is 0 Å². The van der Waals surface area contributed by atoms with Gasteiger partial charge in [0.15, 0.2) is 0 Å². The zero-order chi connectivity index (χ0) is 13.1. The van der Waals surface area contributed by atoms with Crippen LogP contribution < -0.4 is 10.5 Å². The average Bonchev–Trinajstić information content (AvgIpc) is 2.15. The van der Waals surface area contributed by atoms with Crippen molar-refractivity contribution < 1.29 is 8.42 Å². The van der Waals surface area contributed by atoms with E-state index in [9.17, 15) is 8.42 Å². The number of aryl methyl sites for hydroxylation is 2. The summed E-state index contributed by atoms with van der Waals surface area (Å²) in [5.41, 5.74) is 7.56. The van der Waals surface area contributed by atoms with Gasteiger partial charge in [-0.1, -0.05) is 6.08 Å². The molecule has 0 fully saturated rings. The molecular weight excluding hydrogens is 236 g/mol. The first-order valence-electron chi connectivity index (χ1n) is 5.36. The van der Waals surface area contributed by atoms with Gasteiger partial charge in [0, 0.05) is 12.2 Å². The summed E-state index contributed by atoms with van der Waals surface area (Å²) in [6.07, 6.45) is 2.28. The van der Waals surface area contributed by atoms with Crippen LogP contribution in [0.3, 0.4) is 0 Å². The van der Waals surface area contributed by atoms with Gasteiger partial charge in [-0.05, 0) is 43.5 Å². The topological polar surface area (TPSA) is 72.2 Å². The zero-order valence-corrected chi connectivity index (χ0v) is 11.0. The maximum atomic E-state index is 12.1. The molecule has 4 nitrogen and oxygen atoms in total. The summed E-state index contributed by atoms with van der Waals surface area (Å²) in [5.74, 6) is 0. The maximum Gasteiger partial charge on any atom is 0.241 e. The van der Waals surface area contributed by atoms with Crippen LogP contribution in [0.15, 0.2) is 29.7 Å². The first kappa shape index (κ1) is 13.7. The standard InChI is InChI=1S/C12H18N2O2S/c1-4-5-6-14-17(15,16)12-9(2)7-11(13)8-10(12)3/h4,7-8,14H,1,5-6,13H2,2-3H3. The van der Waals surface area contributed by atoms with Crippen LogP contribution in [0, 0.1) is 13.8 Å². The molecule has 0 heterocycles. The first-order chi connectivity index (χ1) is 7.88. The number of nitrogens with one attached hydrogen (secondary N) is 1. The van der Waals surface area contributed by atoms with E-state index >= 15 is 0 Å². The Morgan fingerprint density at radius 1 is 1.35 bits per heavy atom. The summed E-state index contributed by atoms with van der Waals surface area (Å²) in [6.45, 7) is 7.39. The molecule has 0 radical (unpaired) electrons. The van der Waals surface area contributed by atoms with Gasteiger partial charge >= 0.3 is 0 Å². The molecular formula is C12H18N2O2S. The first-order valence-corrected chi connectivity index (χ1v) is 6.84. The Kier molecular flexibility index (Phi) is 4.31. The fourth-order valence-electron chi connectivity index (χ4n) is 1.78. The van der Waals surface area contributed by atoms with Crippen molar-refractivity contribution in [1.29, 1.82) is 0 Å². The smallest absolute Gasteiger partial charge is 0.241 e. The SMILES string of the molecule is C=CCCNS(=O)(=O)c1c(C)cc(N)cc1C. The summed E-state index contributed by atoms with van der Waals surface area (Å²) in [5, 5.41) is 0. The Morgan fingerprint density at radius 3 is 2.35 bits per heavy atom. The molecule has 17 heavy (non-hydrogen) atoms. The Balaban J connectivity index is 3.11. The molecule has 0 saturated carbocycles. The largest absolute Gasteiger partial charge is 0.399 e. The van der Waals surface area contributed by atoms with E-state index in [1.807, 2.05) is 0 Å². The number of nitrogens with two attached hydrogens (primary N) is 1. The van der Waals surface area contributed by atoms with Gasteiger partial charge in [-0.15, -0.1) is 6.58 Å². The number of rotatable bonds is 5. The van der Waals surface area contributed by atoms with E-state index in [2.05, 4.69) is 11.3 Å². The lowest BCUT2D eigenvalue weighted by Crippen LogP contribution is -2.26. The Bertz CT molecular complexity index is 498. The molecule has 0 unspecified atom stereocenters. The minimum absolute atomic E-state index is 0.316. The molecule has 0 aliphatic heterocycles. The minimum atomic E-state index is -3.46. The minimum Gasteiger partial charge on any atom is -0.399 e. The second-order valence-electron chi connectivity index (χ2n) is 3.96. The van der Waals surface area contributed by atoms with Gasteiger partial charge in [-0.3, -0.25) is 0 Å². The van der Waals surface area contributed by atoms with Crippen LogP contribution in [-0.2, 0) is 10.0 Å². The Morgan fingerprint density at radius 2 is 1.88 bits per heavy atom. The van der Waals surface area contributed by atoms with E-state index in [1.165, 1.54) is 0 Å². The highest BCUT2D eigenvalue weighted by Gasteiger charge is 2.18. The summed E-state index contributed by atoms with van der Waals surface area (Å²) in [6, 6.07) is 3.32. The number of nitrogen functional groups attached to an aromatic ring is 1. The Labute approximate surface area is 103 Å². The van der Waals surface area contributed by atoms with Crippen LogP contribution >= 0.6 is 0 Å². The van der Waals surface area contributed by atoms with Gasteiger partial charge in [-0.2, -0.15) is 0 Å². The fraction of sp³-hybridized carbons (Fsp3) is 0.333. The lowest BCUT2D eigenvalue weighted by atomic mass is 10.1.